The molecule has 0 fully saturated rings. The van der Waals surface area contributed by atoms with Gasteiger partial charge in [0.2, 0.25) is 0 Å². The fourth-order valence-electron chi connectivity index (χ4n) is 4.05. The largest absolute Gasteiger partial charge is 0.466 e. The van der Waals surface area contributed by atoms with Crippen LogP contribution in [0.25, 0.3) is 11.1 Å². The minimum Gasteiger partial charge on any atom is -0.466 e. The molecule has 0 saturated heterocycles. The highest BCUT2D eigenvalue weighted by Gasteiger charge is 2.28. The smallest absolute Gasteiger partial charge is 0.407 e. The number of carbonyl (C=O) groups is 2. The maximum Gasteiger partial charge on any atom is 0.407 e. The van der Waals surface area contributed by atoms with E-state index >= 15 is 0 Å². The standard InChI is InChI=1S/C29H40ClFN2O5/c1-7-37-27(34)22(19-33(5)14-15-36-6)17-24(32-28(35)38-29(2,3)4)16-20-8-10-21(11-9-20)25-18-23(30)12-13-26(25)31/h8-13,18,22,24H,7,14-17,19H2,1-6H3,(H,32,35). The number of benzene rings is 2. The molecule has 0 aliphatic heterocycles. The summed E-state index contributed by atoms with van der Waals surface area (Å²) in [7, 11) is 3.54. The van der Waals surface area contributed by atoms with Crippen LogP contribution in [-0.2, 0) is 25.4 Å². The Labute approximate surface area is 230 Å². The van der Waals surface area contributed by atoms with Crippen LogP contribution in [-0.4, -0.2) is 69.1 Å². The molecule has 2 rings (SSSR count). The van der Waals surface area contributed by atoms with Crippen LogP contribution in [0.5, 0.6) is 0 Å². The number of rotatable bonds is 13. The fourth-order valence-corrected chi connectivity index (χ4v) is 4.23. The minimum absolute atomic E-state index is 0.267. The first-order chi connectivity index (χ1) is 17.9. The van der Waals surface area contributed by atoms with Gasteiger partial charge in [-0.3, -0.25) is 4.79 Å². The van der Waals surface area contributed by atoms with Gasteiger partial charge in [-0.15, -0.1) is 0 Å². The Kier molecular flexibility index (Phi) is 12.5. The Balaban J connectivity index is 2.26. The van der Waals surface area contributed by atoms with E-state index in [4.69, 9.17) is 25.8 Å². The van der Waals surface area contributed by atoms with Gasteiger partial charge in [0.25, 0.3) is 0 Å². The second-order valence-corrected chi connectivity index (χ2v) is 10.7. The Morgan fingerprint density at radius 3 is 2.42 bits per heavy atom. The van der Waals surface area contributed by atoms with Crippen LogP contribution in [0.4, 0.5) is 9.18 Å². The maximum atomic E-state index is 14.3. The van der Waals surface area contributed by atoms with Crippen LogP contribution in [0, 0.1) is 11.7 Å². The summed E-state index contributed by atoms with van der Waals surface area (Å²) >= 11 is 6.05. The predicted molar refractivity (Wildman–Crippen MR) is 148 cm³/mol. The van der Waals surface area contributed by atoms with Gasteiger partial charge in [-0.05, 0) is 76.9 Å². The average Bonchev–Trinajstić information content (AvgIpc) is 2.83. The van der Waals surface area contributed by atoms with Crippen molar-refractivity contribution in [2.24, 2.45) is 5.92 Å². The number of carbonyl (C=O) groups excluding carboxylic acids is 2. The van der Waals surface area contributed by atoms with Crippen molar-refractivity contribution in [1.29, 1.82) is 0 Å². The van der Waals surface area contributed by atoms with E-state index in [1.165, 1.54) is 12.1 Å². The number of hydrogen-bond acceptors (Lipinski definition) is 6. The summed E-state index contributed by atoms with van der Waals surface area (Å²) in [5.74, 6) is -1.16. The molecule has 2 aromatic carbocycles. The molecule has 2 aromatic rings. The van der Waals surface area contributed by atoms with Gasteiger partial charge in [-0.2, -0.15) is 0 Å². The molecule has 0 saturated carbocycles. The summed E-state index contributed by atoms with van der Waals surface area (Å²) in [6.45, 7) is 9.04. The van der Waals surface area contributed by atoms with Crippen molar-refractivity contribution < 1.29 is 28.2 Å². The number of halogens is 2. The van der Waals surface area contributed by atoms with Gasteiger partial charge in [0, 0.05) is 36.8 Å². The van der Waals surface area contributed by atoms with Crippen LogP contribution >= 0.6 is 11.6 Å². The first kappa shape index (κ1) is 31.5. The molecule has 0 aliphatic rings. The molecule has 2 atom stereocenters. The molecule has 0 aliphatic carbocycles. The van der Waals surface area contributed by atoms with Crippen molar-refractivity contribution in [3.8, 4) is 11.1 Å². The molecule has 9 heteroatoms. The van der Waals surface area contributed by atoms with Gasteiger partial charge in [0.05, 0.1) is 19.1 Å². The number of methoxy groups -OCH3 is 1. The lowest BCUT2D eigenvalue weighted by molar-refractivity contribution is -0.149. The zero-order valence-corrected chi connectivity index (χ0v) is 23.9. The number of hydrogen-bond donors (Lipinski definition) is 1. The second-order valence-electron chi connectivity index (χ2n) is 10.3. The number of alkyl carbamates (subject to hydrolysis) is 1. The SMILES string of the molecule is CCOC(=O)C(CC(Cc1ccc(-c2cc(Cl)ccc2F)cc1)NC(=O)OC(C)(C)C)CN(C)CCOC. The molecule has 1 amide bonds. The Hall–Kier alpha value is -2.68. The molecule has 210 valence electrons. The molecule has 0 spiro atoms. The van der Waals surface area contributed by atoms with Gasteiger partial charge in [0.1, 0.15) is 11.4 Å². The van der Waals surface area contributed by atoms with E-state index in [2.05, 4.69) is 5.32 Å². The van der Waals surface area contributed by atoms with Crippen LogP contribution in [0.1, 0.15) is 39.7 Å². The van der Waals surface area contributed by atoms with Gasteiger partial charge in [-0.25, -0.2) is 9.18 Å². The van der Waals surface area contributed by atoms with Gasteiger partial charge >= 0.3 is 12.1 Å². The van der Waals surface area contributed by atoms with E-state index in [1.54, 1.807) is 40.9 Å². The Bertz CT molecular complexity index is 1040. The highest BCUT2D eigenvalue weighted by molar-refractivity contribution is 6.30. The molecule has 0 bridgehead atoms. The minimum atomic E-state index is -0.668. The number of ether oxygens (including phenoxy) is 3. The molecular weight excluding hydrogens is 511 g/mol. The van der Waals surface area contributed by atoms with E-state index in [-0.39, 0.29) is 18.4 Å². The van der Waals surface area contributed by atoms with Crippen molar-refractivity contribution >= 4 is 23.7 Å². The number of likely N-dealkylation sites (N-methyl/N-ethyl adjacent to an activating group) is 1. The van der Waals surface area contributed by atoms with Crippen LogP contribution in [0.3, 0.4) is 0 Å². The summed E-state index contributed by atoms with van der Waals surface area (Å²) in [6, 6.07) is 11.4. The van der Waals surface area contributed by atoms with Crippen molar-refractivity contribution in [2.75, 3.05) is 40.5 Å². The molecule has 0 radical (unpaired) electrons. The predicted octanol–water partition coefficient (Wildman–Crippen LogP) is 5.73. The number of esters is 1. The summed E-state index contributed by atoms with van der Waals surface area (Å²) in [4.78, 5) is 27.5. The van der Waals surface area contributed by atoms with E-state index < -0.39 is 23.7 Å². The lowest BCUT2D eigenvalue weighted by Crippen LogP contribution is -2.44. The third-order valence-corrected chi connectivity index (χ3v) is 6.03. The van der Waals surface area contributed by atoms with Crippen molar-refractivity contribution in [2.45, 2.75) is 52.2 Å². The summed E-state index contributed by atoms with van der Waals surface area (Å²) in [5, 5.41) is 3.39. The van der Waals surface area contributed by atoms with E-state index in [1.807, 2.05) is 36.2 Å². The first-order valence-corrected chi connectivity index (χ1v) is 13.2. The fraction of sp³-hybridized carbons (Fsp3) is 0.517. The Morgan fingerprint density at radius 2 is 1.82 bits per heavy atom. The number of nitrogens with one attached hydrogen (secondary N) is 1. The lowest BCUT2D eigenvalue weighted by Gasteiger charge is -2.28. The molecule has 2 unspecified atom stereocenters. The van der Waals surface area contributed by atoms with Crippen LogP contribution < -0.4 is 5.32 Å². The molecule has 0 aromatic heterocycles. The van der Waals surface area contributed by atoms with Crippen molar-refractivity contribution in [3.05, 3.63) is 58.9 Å². The maximum absolute atomic E-state index is 14.3. The molecule has 0 heterocycles. The topological polar surface area (TPSA) is 77.1 Å². The van der Waals surface area contributed by atoms with Gasteiger partial charge in [0.15, 0.2) is 0 Å². The monoisotopic (exact) mass is 550 g/mol. The lowest BCUT2D eigenvalue weighted by atomic mass is 9.93. The normalized spacial score (nSPS) is 13.2. The van der Waals surface area contributed by atoms with E-state index in [0.29, 0.717) is 48.7 Å². The molecule has 38 heavy (non-hydrogen) atoms. The van der Waals surface area contributed by atoms with Gasteiger partial charge < -0.3 is 24.4 Å². The highest BCUT2D eigenvalue weighted by atomic mass is 35.5. The zero-order chi connectivity index (χ0) is 28.3. The van der Waals surface area contributed by atoms with E-state index in [9.17, 15) is 14.0 Å². The third kappa shape index (κ3) is 11.0. The van der Waals surface area contributed by atoms with Crippen molar-refractivity contribution in [3.63, 3.8) is 0 Å². The summed E-state index contributed by atoms with van der Waals surface area (Å²) in [5.41, 5.74) is 1.34. The third-order valence-electron chi connectivity index (χ3n) is 5.79. The van der Waals surface area contributed by atoms with Gasteiger partial charge in [-0.1, -0.05) is 35.9 Å². The molecular formula is C29H40ClFN2O5. The first-order valence-electron chi connectivity index (χ1n) is 12.8. The zero-order valence-electron chi connectivity index (χ0n) is 23.2. The molecule has 7 nitrogen and oxygen atoms in total. The number of nitrogens with zero attached hydrogens (tertiary/aromatic N) is 1. The summed E-state index contributed by atoms with van der Waals surface area (Å²) in [6.07, 6.45) is 0.227. The van der Waals surface area contributed by atoms with Crippen molar-refractivity contribution in [1.82, 2.24) is 10.2 Å². The summed E-state index contributed by atoms with van der Waals surface area (Å²) < 4.78 is 30.3. The second kappa shape index (κ2) is 15.0. The highest BCUT2D eigenvalue weighted by Crippen LogP contribution is 2.27. The van der Waals surface area contributed by atoms with E-state index in [0.717, 1.165) is 5.56 Å². The molecule has 1 N–H and O–H groups in total. The van der Waals surface area contributed by atoms with Crippen LogP contribution in [0.15, 0.2) is 42.5 Å². The van der Waals surface area contributed by atoms with Crippen LogP contribution in [0.2, 0.25) is 5.02 Å². The number of amides is 1. The average molecular weight is 551 g/mol. The quantitative estimate of drug-likeness (QED) is 0.321. The Morgan fingerprint density at radius 1 is 1.13 bits per heavy atom.